The van der Waals surface area contributed by atoms with E-state index in [1.807, 2.05) is 31.2 Å². The van der Waals surface area contributed by atoms with Gasteiger partial charge in [0.05, 0.1) is 11.6 Å². The Kier molecular flexibility index (Phi) is 4.16. The molecule has 3 aromatic rings. The molecule has 1 heterocycles. The van der Waals surface area contributed by atoms with Crippen molar-refractivity contribution in [2.45, 2.75) is 6.92 Å². The molecule has 1 N–H and O–H groups in total. The molecule has 3 rings (SSSR count). The van der Waals surface area contributed by atoms with Gasteiger partial charge in [0.1, 0.15) is 23.6 Å². The summed E-state index contributed by atoms with van der Waals surface area (Å²) in [7, 11) is 0. The number of aromatic nitrogens is 2. The fraction of sp³-hybridized carbons (Fsp3) is 0.0556. The zero-order valence-corrected chi connectivity index (χ0v) is 12.5. The van der Waals surface area contributed by atoms with Crippen molar-refractivity contribution in [2.75, 3.05) is 5.32 Å². The predicted molar refractivity (Wildman–Crippen MR) is 87.7 cm³/mol. The highest BCUT2D eigenvalue weighted by Gasteiger charge is 2.02. The van der Waals surface area contributed by atoms with E-state index in [1.54, 1.807) is 30.5 Å². The Morgan fingerprint density at radius 3 is 2.26 bits per heavy atom. The highest BCUT2D eigenvalue weighted by molar-refractivity contribution is 5.59. The van der Waals surface area contributed by atoms with Gasteiger partial charge in [-0.25, -0.2) is 9.97 Å². The van der Waals surface area contributed by atoms with Crippen LogP contribution in [0.1, 0.15) is 11.1 Å². The van der Waals surface area contributed by atoms with Crippen molar-refractivity contribution >= 4 is 11.5 Å². The van der Waals surface area contributed by atoms with Crippen molar-refractivity contribution in [2.24, 2.45) is 0 Å². The molecular weight excluding hydrogens is 288 g/mol. The highest BCUT2D eigenvalue weighted by atomic mass is 16.5. The van der Waals surface area contributed by atoms with Crippen LogP contribution in [0.2, 0.25) is 0 Å². The van der Waals surface area contributed by atoms with Crippen molar-refractivity contribution in [1.29, 1.82) is 5.26 Å². The second-order valence-electron chi connectivity index (χ2n) is 4.94. The Bertz CT molecular complexity index is 836. The van der Waals surface area contributed by atoms with E-state index in [1.165, 1.54) is 6.33 Å². The van der Waals surface area contributed by atoms with E-state index in [-0.39, 0.29) is 0 Å². The van der Waals surface area contributed by atoms with Crippen LogP contribution in [0.4, 0.5) is 11.5 Å². The van der Waals surface area contributed by atoms with Crippen molar-refractivity contribution in [1.82, 2.24) is 9.97 Å². The van der Waals surface area contributed by atoms with Crippen molar-refractivity contribution in [3.8, 4) is 17.6 Å². The van der Waals surface area contributed by atoms with Gasteiger partial charge in [0.25, 0.3) is 0 Å². The van der Waals surface area contributed by atoms with Crippen LogP contribution in [0.3, 0.4) is 0 Å². The van der Waals surface area contributed by atoms with Gasteiger partial charge in [-0.05, 0) is 55.5 Å². The van der Waals surface area contributed by atoms with Crippen molar-refractivity contribution in [3.63, 3.8) is 0 Å². The number of nitrogens with zero attached hydrogens (tertiary/aromatic N) is 3. The normalized spacial score (nSPS) is 9.91. The standard InChI is InChI=1S/C18H14N4O/c1-13-11-20-12-21-18(13)22-15-4-8-17(9-5-15)23-16-6-2-14(10-19)3-7-16/h2-9,11-12H,1H3,(H,20,21,22). The van der Waals surface area contributed by atoms with Crippen LogP contribution in [-0.2, 0) is 0 Å². The lowest BCUT2D eigenvalue weighted by atomic mass is 10.2. The van der Waals surface area contributed by atoms with E-state index in [0.29, 0.717) is 11.3 Å². The molecule has 0 amide bonds. The molecule has 0 unspecified atom stereocenters. The molecule has 0 saturated carbocycles. The first kappa shape index (κ1) is 14.5. The molecule has 1 aromatic heterocycles. The first-order valence-corrected chi connectivity index (χ1v) is 7.06. The summed E-state index contributed by atoms with van der Waals surface area (Å²) in [6, 6.07) is 16.7. The van der Waals surface area contributed by atoms with Gasteiger partial charge in [-0.2, -0.15) is 5.26 Å². The lowest BCUT2D eigenvalue weighted by Crippen LogP contribution is -1.96. The molecule has 0 bridgehead atoms. The van der Waals surface area contributed by atoms with E-state index in [0.717, 1.165) is 22.8 Å². The number of hydrogen-bond donors (Lipinski definition) is 1. The minimum absolute atomic E-state index is 0.608. The third-order valence-electron chi connectivity index (χ3n) is 3.23. The van der Waals surface area contributed by atoms with Crippen molar-refractivity contribution in [3.05, 3.63) is 72.2 Å². The molecule has 23 heavy (non-hydrogen) atoms. The fourth-order valence-corrected chi connectivity index (χ4v) is 2.01. The molecule has 5 heteroatoms. The lowest BCUT2D eigenvalue weighted by Gasteiger charge is -2.09. The number of ether oxygens (including phenoxy) is 1. The molecule has 5 nitrogen and oxygen atoms in total. The van der Waals surface area contributed by atoms with Crippen LogP contribution in [0.5, 0.6) is 11.5 Å². The third-order valence-corrected chi connectivity index (χ3v) is 3.23. The van der Waals surface area contributed by atoms with Gasteiger partial charge >= 0.3 is 0 Å². The Hall–Kier alpha value is -3.39. The minimum Gasteiger partial charge on any atom is -0.457 e. The van der Waals surface area contributed by atoms with E-state index in [4.69, 9.17) is 10.00 Å². The quantitative estimate of drug-likeness (QED) is 0.782. The third kappa shape index (κ3) is 3.63. The predicted octanol–water partition coefficient (Wildman–Crippen LogP) is 4.19. The second-order valence-corrected chi connectivity index (χ2v) is 4.94. The van der Waals surface area contributed by atoms with Gasteiger partial charge in [-0.15, -0.1) is 0 Å². The van der Waals surface area contributed by atoms with Crippen LogP contribution >= 0.6 is 0 Å². The minimum atomic E-state index is 0.608. The van der Waals surface area contributed by atoms with E-state index >= 15 is 0 Å². The van der Waals surface area contributed by atoms with Crippen LogP contribution in [0.25, 0.3) is 0 Å². The molecule has 0 atom stereocenters. The Balaban J connectivity index is 1.69. The maximum absolute atomic E-state index is 8.78. The van der Waals surface area contributed by atoms with Gasteiger partial charge in [-0.1, -0.05) is 0 Å². The molecule has 0 fully saturated rings. The number of anilines is 2. The average molecular weight is 302 g/mol. The van der Waals surface area contributed by atoms with Crippen LogP contribution in [-0.4, -0.2) is 9.97 Å². The molecule has 0 aliphatic carbocycles. The molecule has 0 saturated heterocycles. The molecule has 0 spiro atoms. The summed E-state index contributed by atoms with van der Waals surface area (Å²) in [5.41, 5.74) is 2.50. The summed E-state index contributed by atoms with van der Waals surface area (Å²) in [6.07, 6.45) is 3.27. The Morgan fingerprint density at radius 1 is 1.00 bits per heavy atom. The SMILES string of the molecule is Cc1cncnc1Nc1ccc(Oc2ccc(C#N)cc2)cc1. The van der Waals surface area contributed by atoms with Crippen LogP contribution in [0.15, 0.2) is 61.1 Å². The molecule has 2 aromatic carbocycles. The number of nitriles is 1. The summed E-state index contributed by atoms with van der Waals surface area (Å²) in [5, 5.41) is 12.0. The first-order valence-electron chi connectivity index (χ1n) is 7.06. The number of nitrogens with one attached hydrogen (secondary N) is 1. The summed E-state index contributed by atoms with van der Waals surface area (Å²) in [6.45, 7) is 1.95. The number of hydrogen-bond acceptors (Lipinski definition) is 5. The van der Waals surface area contributed by atoms with Gasteiger partial charge in [0.15, 0.2) is 0 Å². The molecule has 0 aliphatic rings. The molecule has 0 radical (unpaired) electrons. The maximum Gasteiger partial charge on any atom is 0.136 e. The summed E-state index contributed by atoms with van der Waals surface area (Å²) in [5.74, 6) is 2.19. The zero-order valence-electron chi connectivity index (χ0n) is 12.5. The topological polar surface area (TPSA) is 70.8 Å². The summed E-state index contributed by atoms with van der Waals surface area (Å²) >= 11 is 0. The van der Waals surface area contributed by atoms with Gasteiger partial charge in [-0.3, -0.25) is 0 Å². The van der Waals surface area contributed by atoms with Gasteiger partial charge < -0.3 is 10.1 Å². The van der Waals surface area contributed by atoms with Crippen molar-refractivity contribution < 1.29 is 4.74 Å². The van der Waals surface area contributed by atoms with Crippen LogP contribution in [0, 0.1) is 18.3 Å². The van der Waals surface area contributed by atoms with Gasteiger partial charge in [0.2, 0.25) is 0 Å². The van der Waals surface area contributed by atoms with E-state index in [9.17, 15) is 0 Å². The Morgan fingerprint density at radius 2 is 1.65 bits per heavy atom. The number of aryl methyl sites for hydroxylation is 1. The first-order chi connectivity index (χ1) is 11.2. The molecular formula is C18H14N4O. The second kappa shape index (κ2) is 6.58. The largest absolute Gasteiger partial charge is 0.457 e. The highest BCUT2D eigenvalue weighted by Crippen LogP contribution is 2.24. The van der Waals surface area contributed by atoms with Gasteiger partial charge in [0, 0.05) is 17.4 Å². The smallest absolute Gasteiger partial charge is 0.136 e. The lowest BCUT2D eigenvalue weighted by molar-refractivity contribution is 0.483. The fourth-order valence-electron chi connectivity index (χ4n) is 2.01. The van der Waals surface area contributed by atoms with E-state index < -0.39 is 0 Å². The average Bonchev–Trinajstić information content (AvgIpc) is 2.59. The zero-order chi connectivity index (χ0) is 16.1. The Labute approximate surface area is 134 Å². The monoisotopic (exact) mass is 302 g/mol. The molecule has 0 aliphatic heterocycles. The van der Waals surface area contributed by atoms with Crippen LogP contribution < -0.4 is 10.1 Å². The number of rotatable bonds is 4. The maximum atomic E-state index is 8.78. The summed E-state index contributed by atoms with van der Waals surface area (Å²) < 4.78 is 5.74. The number of benzene rings is 2. The molecule has 112 valence electrons. The summed E-state index contributed by atoms with van der Waals surface area (Å²) in [4.78, 5) is 8.17. The van der Waals surface area contributed by atoms with E-state index in [2.05, 4.69) is 21.4 Å².